The molecule has 0 bridgehead atoms. The van der Waals surface area contributed by atoms with Crippen LogP contribution in [0.3, 0.4) is 0 Å². The van der Waals surface area contributed by atoms with E-state index in [0.29, 0.717) is 49.8 Å². The number of carbonyl (C=O) groups excluding carboxylic acids is 1. The monoisotopic (exact) mass is 346 g/mol. The van der Waals surface area contributed by atoms with Gasteiger partial charge in [0.2, 0.25) is 5.76 Å². The second kappa shape index (κ2) is 7.08. The van der Waals surface area contributed by atoms with Crippen molar-refractivity contribution in [2.24, 2.45) is 0 Å². The van der Waals surface area contributed by atoms with Crippen LogP contribution in [0.15, 0.2) is 10.5 Å². The van der Waals surface area contributed by atoms with Crippen molar-refractivity contribution in [1.29, 1.82) is 0 Å². The van der Waals surface area contributed by atoms with Crippen LogP contribution in [0.2, 0.25) is 0 Å². The van der Waals surface area contributed by atoms with Crippen molar-refractivity contribution in [3.8, 4) is 0 Å². The van der Waals surface area contributed by atoms with E-state index in [4.69, 9.17) is 9.52 Å². The molecule has 0 unspecified atom stereocenters. The molecule has 1 N–H and O–H groups in total. The Morgan fingerprint density at radius 3 is 2.84 bits per heavy atom. The Morgan fingerprint density at radius 1 is 1.36 bits per heavy atom. The number of aromatic nitrogens is 3. The zero-order chi connectivity index (χ0) is 18.0. The molecule has 8 nitrogen and oxygen atoms in total. The molecule has 3 heterocycles. The summed E-state index contributed by atoms with van der Waals surface area (Å²) in [7, 11) is 0. The molecule has 8 heteroatoms. The van der Waals surface area contributed by atoms with Gasteiger partial charge in [0.05, 0.1) is 30.0 Å². The number of carboxylic acids is 1. The Kier molecular flexibility index (Phi) is 4.87. The molecule has 0 fully saturated rings. The number of amides is 1. The molecule has 1 aliphatic rings. The summed E-state index contributed by atoms with van der Waals surface area (Å²) in [6, 6.07) is 1.89. The third-order valence-corrected chi connectivity index (χ3v) is 4.28. The Bertz CT molecular complexity index is 793. The van der Waals surface area contributed by atoms with E-state index in [0.717, 1.165) is 17.8 Å². The summed E-state index contributed by atoms with van der Waals surface area (Å²) in [4.78, 5) is 29.6. The molecular formula is C17H22N4O4. The van der Waals surface area contributed by atoms with E-state index in [1.54, 1.807) is 11.8 Å². The van der Waals surface area contributed by atoms with Gasteiger partial charge in [-0.3, -0.25) is 14.3 Å². The van der Waals surface area contributed by atoms with Crippen LogP contribution >= 0.6 is 0 Å². The number of carboxylic acid groups (broad SMARTS) is 1. The van der Waals surface area contributed by atoms with Crippen molar-refractivity contribution in [3.05, 3.63) is 34.8 Å². The molecule has 2 aromatic rings. The zero-order valence-electron chi connectivity index (χ0n) is 14.5. The van der Waals surface area contributed by atoms with E-state index in [-0.39, 0.29) is 12.3 Å². The third-order valence-electron chi connectivity index (χ3n) is 4.28. The summed E-state index contributed by atoms with van der Waals surface area (Å²) in [5.41, 5.74) is 2.27. The molecule has 2 aromatic heterocycles. The number of aliphatic carboxylic acids is 1. The number of fused-ring (bicyclic) bond motifs is 1. The van der Waals surface area contributed by atoms with Crippen molar-refractivity contribution in [3.63, 3.8) is 0 Å². The topological polar surface area (TPSA) is 101 Å². The average Bonchev–Trinajstić information content (AvgIpc) is 3.09. The van der Waals surface area contributed by atoms with Gasteiger partial charge in [-0.05, 0) is 19.4 Å². The van der Waals surface area contributed by atoms with Gasteiger partial charge in [0.15, 0.2) is 5.89 Å². The van der Waals surface area contributed by atoms with Gasteiger partial charge in [-0.15, -0.1) is 0 Å². The SMILES string of the molecule is CCc1nc(C)c(C(=O)N2CCCn3nc(CCC(=O)O)cc3C2)o1. The van der Waals surface area contributed by atoms with Gasteiger partial charge < -0.3 is 14.4 Å². The molecule has 1 amide bonds. The Labute approximate surface area is 145 Å². The third kappa shape index (κ3) is 3.72. The van der Waals surface area contributed by atoms with Gasteiger partial charge in [0, 0.05) is 25.9 Å². The number of carbonyl (C=O) groups is 2. The maximum atomic E-state index is 12.8. The van der Waals surface area contributed by atoms with E-state index in [1.807, 2.05) is 17.7 Å². The summed E-state index contributed by atoms with van der Waals surface area (Å²) in [6.45, 7) is 5.47. The summed E-state index contributed by atoms with van der Waals surface area (Å²) in [5.74, 6) is -0.133. The van der Waals surface area contributed by atoms with Gasteiger partial charge in [0.25, 0.3) is 5.91 Å². The normalized spacial score (nSPS) is 14.2. The maximum absolute atomic E-state index is 12.8. The van der Waals surface area contributed by atoms with Crippen LogP contribution in [0.25, 0.3) is 0 Å². The highest BCUT2D eigenvalue weighted by Gasteiger charge is 2.26. The Hall–Kier alpha value is -2.64. The molecule has 0 spiro atoms. The van der Waals surface area contributed by atoms with Crippen molar-refractivity contribution < 1.29 is 19.1 Å². The number of oxazole rings is 1. The summed E-state index contributed by atoms with van der Waals surface area (Å²) < 4.78 is 7.46. The van der Waals surface area contributed by atoms with Crippen molar-refractivity contribution in [2.45, 2.75) is 52.6 Å². The summed E-state index contributed by atoms with van der Waals surface area (Å²) in [6.07, 6.45) is 1.88. The second-order valence-electron chi connectivity index (χ2n) is 6.20. The highest BCUT2D eigenvalue weighted by Crippen LogP contribution is 2.19. The van der Waals surface area contributed by atoms with Crippen LogP contribution < -0.4 is 0 Å². The minimum absolute atomic E-state index is 0.0517. The first-order chi connectivity index (χ1) is 12.0. The average molecular weight is 346 g/mol. The fraction of sp³-hybridized carbons (Fsp3) is 0.529. The van der Waals surface area contributed by atoms with Gasteiger partial charge in [-0.1, -0.05) is 6.92 Å². The lowest BCUT2D eigenvalue weighted by Crippen LogP contribution is -2.30. The van der Waals surface area contributed by atoms with Gasteiger partial charge in [-0.2, -0.15) is 5.10 Å². The zero-order valence-corrected chi connectivity index (χ0v) is 14.5. The minimum Gasteiger partial charge on any atom is -0.481 e. The lowest BCUT2D eigenvalue weighted by atomic mass is 10.2. The van der Waals surface area contributed by atoms with E-state index >= 15 is 0 Å². The number of rotatable bonds is 5. The molecule has 134 valence electrons. The van der Waals surface area contributed by atoms with Crippen LogP contribution in [-0.2, 0) is 30.7 Å². The highest BCUT2D eigenvalue weighted by atomic mass is 16.4. The molecule has 0 radical (unpaired) electrons. The van der Waals surface area contributed by atoms with Crippen LogP contribution in [0.5, 0.6) is 0 Å². The smallest absolute Gasteiger partial charge is 0.303 e. The first-order valence-electron chi connectivity index (χ1n) is 8.51. The lowest BCUT2D eigenvalue weighted by molar-refractivity contribution is -0.136. The molecule has 3 rings (SSSR count). The fourth-order valence-corrected chi connectivity index (χ4v) is 3.00. The molecule has 0 saturated carbocycles. The van der Waals surface area contributed by atoms with Gasteiger partial charge >= 0.3 is 5.97 Å². The summed E-state index contributed by atoms with van der Waals surface area (Å²) >= 11 is 0. The van der Waals surface area contributed by atoms with Crippen molar-refractivity contribution in [1.82, 2.24) is 19.7 Å². The minimum atomic E-state index is -0.840. The highest BCUT2D eigenvalue weighted by molar-refractivity contribution is 5.92. The van der Waals surface area contributed by atoms with E-state index < -0.39 is 5.97 Å². The molecule has 1 aliphatic heterocycles. The molecule has 0 aliphatic carbocycles. The second-order valence-corrected chi connectivity index (χ2v) is 6.20. The summed E-state index contributed by atoms with van der Waals surface area (Å²) in [5, 5.41) is 13.3. The fourth-order valence-electron chi connectivity index (χ4n) is 3.00. The van der Waals surface area contributed by atoms with E-state index in [2.05, 4.69) is 10.1 Å². The molecular weight excluding hydrogens is 324 g/mol. The standard InChI is InChI=1S/C17H22N4O4/c1-3-14-18-11(2)16(25-14)17(24)20-7-4-8-21-13(10-20)9-12(19-21)5-6-15(22)23/h9H,3-8,10H2,1-2H3,(H,22,23). The van der Waals surface area contributed by atoms with E-state index in [9.17, 15) is 9.59 Å². The Morgan fingerprint density at radius 2 is 2.16 bits per heavy atom. The predicted molar refractivity (Wildman–Crippen MR) is 88.2 cm³/mol. The molecule has 0 aromatic carbocycles. The van der Waals surface area contributed by atoms with Crippen molar-refractivity contribution in [2.75, 3.05) is 6.54 Å². The number of hydrogen-bond acceptors (Lipinski definition) is 5. The quantitative estimate of drug-likeness (QED) is 0.886. The molecule has 0 atom stereocenters. The first kappa shape index (κ1) is 17.2. The van der Waals surface area contributed by atoms with Crippen molar-refractivity contribution >= 4 is 11.9 Å². The van der Waals surface area contributed by atoms with Gasteiger partial charge in [-0.25, -0.2) is 4.98 Å². The molecule has 25 heavy (non-hydrogen) atoms. The van der Waals surface area contributed by atoms with E-state index in [1.165, 1.54) is 0 Å². The van der Waals surface area contributed by atoms with Crippen LogP contribution in [-0.4, -0.2) is 43.2 Å². The first-order valence-corrected chi connectivity index (χ1v) is 8.51. The molecule has 0 saturated heterocycles. The predicted octanol–water partition coefficient (Wildman–Crippen LogP) is 1.81. The van der Waals surface area contributed by atoms with Gasteiger partial charge in [0.1, 0.15) is 0 Å². The number of nitrogens with zero attached hydrogens (tertiary/aromatic N) is 4. The largest absolute Gasteiger partial charge is 0.481 e. The maximum Gasteiger partial charge on any atom is 0.303 e. The lowest BCUT2D eigenvalue weighted by Gasteiger charge is -2.18. The van der Waals surface area contributed by atoms with Crippen LogP contribution in [0.1, 0.15) is 53.3 Å². The number of hydrogen-bond donors (Lipinski definition) is 1. The van der Waals surface area contributed by atoms with Crippen LogP contribution in [0.4, 0.5) is 0 Å². The number of aryl methyl sites for hydroxylation is 4. The Balaban J connectivity index is 1.77. The van der Waals surface area contributed by atoms with Crippen LogP contribution in [0, 0.1) is 6.92 Å².